The highest BCUT2D eigenvalue weighted by atomic mass is 16.5. The van der Waals surface area contributed by atoms with Crippen molar-refractivity contribution in [3.8, 4) is 11.8 Å². The first-order valence-corrected chi connectivity index (χ1v) is 6.59. The molecule has 0 aliphatic carbocycles. The van der Waals surface area contributed by atoms with Gasteiger partial charge in [0, 0.05) is 25.2 Å². The van der Waals surface area contributed by atoms with Crippen molar-refractivity contribution in [3.05, 3.63) is 35.4 Å². The molecule has 2 N–H and O–H groups in total. The summed E-state index contributed by atoms with van der Waals surface area (Å²) in [4.78, 5) is 13.6. The number of nitrogens with zero attached hydrogens (tertiary/aromatic N) is 1. The van der Waals surface area contributed by atoms with E-state index in [2.05, 4.69) is 17.2 Å². The molecule has 0 spiro atoms. The van der Waals surface area contributed by atoms with Gasteiger partial charge < -0.3 is 20.1 Å². The monoisotopic (exact) mass is 274 g/mol. The Morgan fingerprint density at radius 1 is 1.30 bits per heavy atom. The van der Waals surface area contributed by atoms with E-state index in [4.69, 9.17) is 9.84 Å². The maximum absolute atomic E-state index is 11.9. The molecule has 2 amide bonds. The molecule has 0 aromatic heterocycles. The number of nitrogens with one attached hydrogen (secondary N) is 1. The molecule has 5 heteroatoms. The Kier molecular flexibility index (Phi) is 5.42. The second-order valence-electron chi connectivity index (χ2n) is 4.41. The second kappa shape index (κ2) is 7.53. The average molecular weight is 274 g/mol. The third-order valence-electron chi connectivity index (χ3n) is 3.01. The average Bonchev–Trinajstić information content (AvgIpc) is 2.52. The van der Waals surface area contributed by atoms with Crippen LogP contribution in [0, 0.1) is 11.8 Å². The first kappa shape index (κ1) is 14.4. The molecule has 1 aromatic carbocycles. The van der Waals surface area contributed by atoms with Gasteiger partial charge >= 0.3 is 6.03 Å². The fraction of sp³-hybridized carbons (Fsp3) is 0.400. The van der Waals surface area contributed by atoms with E-state index in [1.807, 2.05) is 24.3 Å². The van der Waals surface area contributed by atoms with Gasteiger partial charge in [0.05, 0.1) is 13.2 Å². The van der Waals surface area contributed by atoms with Crippen LogP contribution in [-0.2, 0) is 11.3 Å². The highest BCUT2D eigenvalue weighted by Gasteiger charge is 2.15. The smallest absolute Gasteiger partial charge is 0.317 e. The van der Waals surface area contributed by atoms with Gasteiger partial charge in [0.15, 0.2) is 0 Å². The molecule has 1 saturated heterocycles. The number of hydrogen-bond donors (Lipinski definition) is 2. The highest BCUT2D eigenvalue weighted by Crippen LogP contribution is 2.04. The number of rotatable bonds is 2. The van der Waals surface area contributed by atoms with Crippen molar-refractivity contribution < 1.29 is 14.6 Å². The van der Waals surface area contributed by atoms with E-state index in [0.29, 0.717) is 32.8 Å². The summed E-state index contributed by atoms with van der Waals surface area (Å²) in [6.07, 6.45) is 0. The summed E-state index contributed by atoms with van der Waals surface area (Å²) in [5, 5.41) is 11.5. The van der Waals surface area contributed by atoms with E-state index in [1.54, 1.807) is 4.90 Å². The maximum Gasteiger partial charge on any atom is 0.317 e. The standard InChI is InChI=1S/C15H18N2O3/c18-9-1-2-13-3-5-14(6-4-13)12-16-15(19)17-7-10-20-11-8-17/h3-6,18H,7-12H2,(H,16,19). The van der Waals surface area contributed by atoms with Crippen LogP contribution in [0.5, 0.6) is 0 Å². The van der Waals surface area contributed by atoms with Crippen molar-refractivity contribution >= 4 is 6.03 Å². The molecule has 1 aliphatic rings. The van der Waals surface area contributed by atoms with E-state index in [-0.39, 0.29) is 12.6 Å². The zero-order chi connectivity index (χ0) is 14.2. The van der Waals surface area contributed by atoms with Crippen LogP contribution in [0.2, 0.25) is 0 Å². The minimum absolute atomic E-state index is 0.0579. The minimum atomic E-state index is -0.142. The van der Waals surface area contributed by atoms with Crippen LogP contribution < -0.4 is 5.32 Å². The number of aliphatic hydroxyl groups excluding tert-OH is 1. The molecule has 0 radical (unpaired) electrons. The maximum atomic E-state index is 11.9. The molecule has 1 heterocycles. The number of benzene rings is 1. The quantitative estimate of drug-likeness (QED) is 0.775. The predicted octanol–water partition coefficient (Wildman–Crippen LogP) is 0.572. The molecule has 0 unspecified atom stereocenters. The van der Waals surface area contributed by atoms with Gasteiger partial charge in [-0.15, -0.1) is 0 Å². The Bertz CT molecular complexity index is 496. The number of amides is 2. The summed E-state index contributed by atoms with van der Waals surface area (Å²) in [6, 6.07) is 7.53. The van der Waals surface area contributed by atoms with Crippen LogP contribution in [0.1, 0.15) is 11.1 Å². The van der Waals surface area contributed by atoms with Gasteiger partial charge in [0.25, 0.3) is 0 Å². The van der Waals surface area contributed by atoms with Crippen LogP contribution >= 0.6 is 0 Å². The lowest BCUT2D eigenvalue weighted by Gasteiger charge is -2.26. The number of ether oxygens (including phenoxy) is 1. The lowest BCUT2D eigenvalue weighted by atomic mass is 10.1. The van der Waals surface area contributed by atoms with Gasteiger partial charge in [-0.25, -0.2) is 4.79 Å². The zero-order valence-corrected chi connectivity index (χ0v) is 11.3. The SMILES string of the molecule is O=C(NCc1ccc(C#CCO)cc1)N1CCOCC1. The largest absolute Gasteiger partial charge is 0.384 e. The van der Waals surface area contributed by atoms with Gasteiger partial charge in [-0.05, 0) is 17.7 Å². The fourth-order valence-electron chi connectivity index (χ4n) is 1.90. The van der Waals surface area contributed by atoms with Gasteiger partial charge in [0.1, 0.15) is 6.61 Å². The molecule has 1 fully saturated rings. The topological polar surface area (TPSA) is 61.8 Å². The number of morpholine rings is 1. The Hall–Kier alpha value is -2.03. The van der Waals surface area contributed by atoms with E-state index < -0.39 is 0 Å². The first-order chi connectivity index (χ1) is 9.79. The zero-order valence-electron chi connectivity index (χ0n) is 11.3. The first-order valence-electron chi connectivity index (χ1n) is 6.59. The summed E-state index contributed by atoms with van der Waals surface area (Å²) >= 11 is 0. The second-order valence-corrected chi connectivity index (χ2v) is 4.41. The van der Waals surface area contributed by atoms with Crippen LogP contribution in [-0.4, -0.2) is 48.9 Å². The summed E-state index contributed by atoms with van der Waals surface area (Å²) in [7, 11) is 0. The lowest BCUT2D eigenvalue weighted by Crippen LogP contribution is -2.45. The van der Waals surface area contributed by atoms with Crippen LogP contribution in [0.25, 0.3) is 0 Å². The van der Waals surface area contributed by atoms with Crippen molar-refractivity contribution in [1.29, 1.82) is 0 Å². The fourth-order valence-corrected chi connectivity index (χ4v) is 1.90. The normalized spacial score (nSPS) is 14.3. The number of aliphatic hydroxyl groups is 1. The summed E-state index contributed by atoms with van der Waals surface area (Å²) in [6.45, 7) is 2.83. The Morgan fingerprint density at radius 2 is 2.00 bits per heavy atom. The minimum Gasteiger partial charge on any atom is -0.384 e. The number of carbonyl (C=O) groups is 1. The lowest BCUT2D eigenvalue weighted by molar-refractivity contribution is 0.0531. The third-order valence-corrected chi connectivity index (χ3v) is 3.01. The van der Waals surface area contributed by atoms with Crippen molar-refractivity contribution in [2.45, 2.75) is 6.54 Å². The molecule has 5 nitrogen and oxygen atoms in total. The summed E-state index contributed by atoms with van der Waals surface area (Å²) < 4.78 is 5.21. The third kappa shape index (κ3) is 4.26. The molecule has 20 heavy (non-hydrogen) atoms. The van der Waals surface area contributed by atoms with E-state index in [9.17, 15) is 4.79 Å². The van der Waals surface area contributed by atoms with Crippen LogP contribution in [0.4, 0.5) is 4.79 Å². The molecule has 0 atom stereocenters. The molecule has 2 rings (SSSR count). The van der Waals surface area contributed by atoms with Crippen molar-refractivity contribution in [3.63, 3.8) is 0 Å². The molecular formula is C15H18N2O3. The molecular weight excluding hydrogens is 256 g/mol. The van der Waals surface area contributed by atoms with E-state index >= 15 is 0 Å². The Morgan fingerprint density at radius 3 is 2.65 bits per heavy atom. The predicted molar refractivity (Wildman–Crippen MR) is 75.0 cm³/mol. The molecule has 1 aromatic rings. The van der Waals surface area contributed by atoms with Crippen molar-refractivity contribution in [2.75, 3.05) is 32.9 Å². The van der Waals surface area contributed by atoms with Crippen molar-refractivity contribution in [2.24, 2.45) is 0 Å². The highest BCUT2D eigenvalue weighted by molar-refractivity contribution is 5.74. The molecule has 1 aliphatic heterocycles. The summed E-state index contributed by atoms with van der Waals surface area (Å²) in [5.41, 5.74) is 1.86. The van der Waals surface area contributed by atoms with Gasteiger partial charge in [-0.3, -0.25) is 0 Å². The molecule has 0 bridgehead atoms. The van der Waals surface area contributed by atoms with E-state index in [1.165, 1.54) is 0 Å². The van der Waals surface area contributed by atoms with Gasteiger partial charge in [-0.2, -0.15) is 0 Å². The molecule has 0 saturated carbocycles. The van der Waals surface area contributed by atoms with Crippen LogP contribution in [0.3, 0.4) is 0 Å². The van der Waals surface area contributed by atoms with Crippen LogP contribution in [0.15, 0.2) is 24.3 Å². The van der Waals surface area contributed by atoms with Gasteiger partial charge in [0.2, 0.25) is 0 Å². The molecule has 106 valence electrons. The number of carbonyl (C=O) groups excluding carboxylic acids is 1. The van der Waals surface area contributed by atoms with Crippen molar-refractivity contribution in [1.82, 2.24) is 10.2 Å². The van der Waals surface area contributed by atoms with E-state index in [0.717, 1.165) is 11.1 Å². The van der Waals surface area contributed by atoms with Gasteiger partial charge in [-0.1, -0.05) is 24.0 Å². The number of urea groups is 1. The Balaban J connectivity index is 1.82. The summed E-state index contributed by atoms with van der Waals surface area (Å²) in [5.74, 6) is 5.42. The number of hydrogen-bond acceptors (Lipinski definition) is 3. The Labute approximate surface area is 118 Å².